The summed E-state index contributed by atoms with van der Waals surface area (Å²) in [5.41, 5.74) is 0.569. The van der Waals surface area contributed by atoms with Crippen LogP contribution in [0.25, 0.3) is 5.78 Å². The van der Waals surface area contributed by atoms with Crippen LogP contribution in [0.2, 0.25) is 0 Å². The zero-order chi connectivity index (χ0) is 15.9. The Labute approximate surface area is 127 Å². The highest BCUT2D eigenvalue weighted by atomic mass is 32.1. The molecule has 0 saturated carbocycles. The summed E-state index contributed by atoms with van der Waals surface area (Å²) >= 11 is 1.33. The smallest absolute Gasteiger partial charge is 0.354 e. The van der Waals surface area contributed by atoms with Crippen LogP contribution in [0, 0.1) is 6.92 Å². The van der Waals surface area contributed by atoms with E-state index in [1.807, 2.05) is 6.07 Å². The van der Waals surface area contributed by atoms with Gasteiger partial charge in [-0.3, -0.25) is 0 Å². The van der Waals surface area contributed by atoms with Crippen LogP contribution in [0.15, 0.2) is 18.3 Å². The molecule has 0 atom stereocenters. The first-order chi connectivity index (χ1) is 10.3. The van der Waals surface area contributed by atoms with Crippen molar-refractivity contribution < 1.29 is 13.2 Å². The Hall–Kier alpha value is -2.23. The van der Waals surface area contributed by atoms with E-state index in [9.17, 15) is 13.2 Å². The fraction of sp³-hybridized carbons (Fsp3) is 0.333. The van der Waals surface area contributed by atoms with E-state index in [0.717, 1.165) is 9.39 Å². The van der Waals surface area contributed by atoms with Gasteiger partial charge >= 0.3 is 6.18 Å². The molecule has 0 fully saturated rings. The van der Waals surface area contributed by atoms with E-state index in [-0.39, 0.29) is 5.78 Å². The molecular weight excluding hydrogens is 317 g/mol. The molecule has 0 radical (unpaired) electrons. The third-order valence-corrected chi connectivity index (χ3v) is 3.68. The van der Waals surface area contributed by atoms with Gasteiger partial charge in [0.1, 0.15) is 5.82 Å². The minimum absolute atomic E-state index is 0.0709. The van der Waals surface area contributed by atoms with Gasteiger partial charge in [0, 0.05) is 29.9 Å². The molecule has 0 aliphatic rings. The molecule has 0 aliphatic carbocycles. The van der Waals surface area contributed by atoms with Crippen LogP contribution in [0.1, 0.15) is 16.4 Å². The topological polar surface area (TPSA) is 59.2 Å². The zero-order valence-corrected chi connectivity index (χ0v) is 12.5. The maximum atomic E-state index is 12.8. The molecule has 0 N–H and O–H groups in total. The highest BCUT2D eigenvalue weighted by Crippen LogP contribution is 2.27. The van der Waals surface area contributed by atoms with Crippen LogP contribution in [-0.4, -0.2) is 31.0 Å². The van der Waals surface area contributed by atoms with Gasteiger partial charge in [-0.1, -0.05) is 0 Å². The average molecular weight is 328 g/mol. The molecule has 0 amide bonds. The van der Waals surface area contributed by atoms with Crippen molar-refractivity contribution in [3.63, 3.8) is 0 Å². The van der Waals surface area contributed by atoms with Gasteiger partial charge in [-0.15, -0.1) is 5.10 Å². The number of hydrogen-bond donors (Lipinski definition) is 0. The van der Waals surface area contributed by atoms with E-state index in [4.69, 9.17) is 0 Å². The van der Waals surface area contributed by atoms with Gasteiger partial charge in [-0.05, 0) is 24.5 Å². The predicted molar refractivity (Wildman–Crippen MR) is 74.7 cm³/mol. The van der Waals surface area contributed by atoms with Crippen molar-refractivity contribution in [3.8, 4) is 0 Å². The molecular formula is C12H11F3N6S. The first-order valence-corrected chi connectivity index (χ1v) is 7.04. The maximum absolute atomic E-state index is 12.8. The van der Waals surface area contributed by atoms with Crippen LogP contribution in [0.5, 0.6) is 0 Å². The van der Waals surface area contributed by atoms with Gasteiger partial charge in [0.15, 0.2) is 0 Å². The van der Waals surface area contributed by atoms with E-state index >= 15 is 0 Å². The Morgan fingerprint density at radius 2 is 2.09 bits per heavy atom. The van der Waals surface area contributed by atoms with E-state index < -0.39 is 12.0 Å². The Balaban J connectivity index is 2.06. The summed E-state index contributed by atoms with van der Waals surface area (Å²) in [6.07, 6.45) is -2.92. The molecule has 0 bridgehead atoms. The molecule has 10 heteroatoms. The summed E-state index contributed by atoms with van der Waals surface area (Å²) in [6, 6.07) is 3.53. The minimum Gasteiger partial charge on any atom is -0.354 e. The lowest BCUT2D eigenvalue weighted by Gasteiger charge is -2.18. The average Bonchev–Trinajstić information content (AvgIpc) is 3.05. The van der Waals surface area contributed by atoms with Gasteiger partial charge in [0.05, 0.1) is 6.54 Å². The second kappa shape index (κ2) is 5.20. The molecule has 0 aliphatic heterocycles. The lowest BCUT2D eigenvalue weighted by atomic mass is 10.4. The molecule has 3 aromatic rings. The highest BCUT2D eigenvalue weighted by molar-refractivity contribution is 7.05. The van der Waals surface area contributed by atoms with E-state index in [2.05, 4.69) is 19.4 Å². The second-order valence-electron chi connectivity index (χ2n) is 4.74. The lowest BCUT2D eigenvalue weighted by Crippen LogP contribution is -2.20. The molecule has 0 aromatic carbocycles. The monoisotopic (exact) mass is 328 g/mol. The lowest BCUT2D eigenvalue weighted by molar-refractivity contribution is -0.144. The molecule has 0 saturated heterocycles. The standard InChI is InChI=1S/C12H11F3N6S/c1-7-5-9(20(2)6-8-3-4-16-22-8)21-11(17-7)18-10(19-21)12(13,14)15/h3-5H,6H2,1-2H3. The molecule has 3 aromatic heterocycles. The van der Waals surface area contributed by atoms with Crippen molar-refractivity contribution >= 4 is 23.1 Å². The molecule has 0 unspecified atom stereocenters. The van der Waals surface area contributed by atoms with Crippen molar-refractivity contribution in [2.24, 2.45) is 0 Å². The Kier molecular flexibility index (Phi) is 3.47. The minimum atomic E-state index is -4.60. The number of hydrogen-bond acceptors (Lipinski definition) is 6. The van der Waals surface area contributed by atoms with Crippen molar-refractivity contribution in [3.05, 3.63) is 34.7 Å². The normalized spacial score (nSPS) is 12.0. The number of halogens is 3. The summed E-state index contributed by atoms with van der Waals surface area (Å²) in [7, 11) is 1.77. The Morgan fingerprint density at radius 1 is 1.32 bits per heavy atom. The van der Waals surface area contributed by atoms with Crippen LogP contribution in [-0.2, 0) is 12.7 Å². The molecule has 116 valence electrons. The molecule has 3 rings (SSSR count). The maximum Gasteiger partial charge on any atom is 0.453 e. The third-order valence-electron chi connectivity index (χ3n) is 2.95. The van der Waals surface area contributed by atoms with Gasteiger partial charge in [-0.25, -0.2) is 9.36 Å². The number of alkyl halides is 3. The van der Waals surface area contributed by atoms with Crippen LogP contribution < -0.4 is 4.90 Å². The Morgan fingerprint density at radius 3 is 2.73 bits per heavy atom. The molecule has 0 spiro atoms. The van der Waals surface area contributed by atoms with Gasteiger partial charge in [0.25, 0.3) is 11.6 Å². The Bertz CT molecular complexity index is 795. The number of anilines is 1. The largest absolute Gasteiger partial charge is 0.453 e. The summed E-state index contributed by atoms with van der Waals surface area (Å²) in [5.74, 6) is -0.782. The third kappa shape index (κ3) is 2.73. The van der Waals surface area contributed by atoms with Crippen molar-refractivity contribution in [2.45, 2.75) is 19.6 Å². The number of aromatic nitrogens is 5. The highest BCUT2D eigenvalue weighted by Gasteiger charge is 2.37. The summed E-state index contributed by atoms with van der Waals surface area (Å²) in [4.78, 5) is 10.2. The predicted octanol–water partition coefficient (Wildman–Crippen LogP) is 2.54. The molecule has 22 heavy (non-hydrogen) atoms. The molecule has 3 heterocycles. The summed E-state index contributed by atoms with van der Waals surface area (Å²) in [5, 5.41) is 3.54. The first kappa shape index (κ1) is 14.7. The number of fused-ring (bicyclic) bond motifs is 1. The number of aryl methyl sites for hydroxylation is 1. The summed E-state index contributed by atoms with van der Waals surface area (Å²) < 4.78 is 43.4. The fourth-order valence-electron chi connectivity index (χ4n) is 2.00. The summed E-state index contributed by atoms with van der Waals surface area (Å²) in [6.45, 7) is 2.20. The number of rotatable bonds is 3. The SMILES string of the molecule is Cc1cc(N(C)Cc2ccns2)n2nc(C(F)(F)F)nc2n1. The van der Waals surface area contributed by atoms with Crippen LogP contribution in [0.3, 0.4) is 0 Å². The van der Waals surface area contributed by atoms with Gasteiger partial charge in [0.2, 0.25) is 0 Å². The van der Waals surface area contributed by atoms with Crippen molar-refractivity contribution in [1.82, 2.24) is 24.0 Å². The van der Waals surface area contributed by atoms with E-state index in [1.165, 1.54) is 11.5 Å². The van der Waals surface area contributed by atoms with Crippen molar-refractivity contribution in [1.29, 1.82) is 0 Å². The zero-order valence-electron chi connectivity index (χ0n) is 11.7. The second-order valence-corrected chi connectivity index (χ2v) is 5.65. The fourth-order valence-corrected chi connectivity index (χ4v) is 2.63. The van der Waals surface area contributed by atoms with Crippen molar-refractivity contribution in [2.75, 3.05) is 11.9 Å². The molecule has 6 nitrogen and oxygen atoms in total. The van der Waals surface area contributed by atoms with Gasteiger partial charge < -0.3 is 4.90 Å². The van der Waals surface area contributed by atoms with Crippen LogP contribution >= 0.6 is 11.5 Å². The van der Waals surface area contributed by atoms with Gasteiger partial charge in [-0.2, -0.15) is 22.7 Å². The van der Waals surface area contributed by atoms with Crippen LogP contribution in [0.4, 0.5) is 19.0 Å². The van der Waals surface area contributed by atoms with E-state index in [0.29, 0.717) is 18.1 Å². The first-order valence-electron chi connectivity index (χ1n) is 6.27. The van der Waals surface area contributed by atoms with E-state index in [1.54, 1.807) is 31.1 Å². The quantitative estimate of drug-likeness (QED) is 0.739. The number of nitrogens with zero attached hydrogens (tertiary/aromatic N) is 6.